The molecule has 0 atom stereocenters. The van der Waals surface area contributed by atoms with Crippen LogP contribution in [0, 0.1) is 11.6 Å². The minimum atomic E-state index is -0.578. The number of nitrogens with zero attached hydrogens (tertiary/aromatic N) is 2. The van der Waals surface area contributed by atoms with Crippen molar-refractivity contribution in [2.24, 2.45) is 0 Å². The summed E-state index contributed by atoms with van der Waals surface area (Å²) in [6, 6.07) is 2.66. The second kappa shape index (κ2) is 4.33. The molecule has 1 aromatic carbocycles. The van der Waals surface area contributed by atoms with Gasteiger partial charge in [-0.1, -0.05) is 0 Å². The number of benzene rings is 1. The highest BCUT2D eigenvalue weighted by Crippen LogP contribution is 2.34. The minimum absolute atomic E-state index is 0.358. The highest BCUT2D eigenvalue weighted by Gasteiger charge is 2.23. The van der Waals surface area contributed by atoms with Crippen LogP contribution < -0.4 is 10.2 Å². The van der Waals surface area contributed by atoms with Crippen molar-refractivity contribution in [1.82, 2.24) is 4.98 Å². The molecule has 1 aliphatic rings. The molecule has 3 rings (SSSR count). The van der Waals surface area contributed by atoms with Crippen LogP contribution in [0.5, 0.6) is 0 Å². The average molecular weight is 263 g/mol. The molecule has 1 saturated carbocycles. The van der Waals surface area contributed by atoms with E-state index < -0.39 is 11.6 Å². The molecule has 1 aromatic heterocycles. The number of pyridine rings is 1. The molecule has 100 valence electrons. The Balaban J connectivity index is 2.25. The molecule has 1 heterocycles. The van der Waals surface area contributed by atoms with Crippen molar-refractivity contribution in [2.75, 3.05) is 24.3 Å². The van der Waals surface area contributed by atoms with Crippen molar-refractivity contribution < 1.29 is 8.78 Å². The normalized spacial score (nSPS) is 14.7. The van der Waals surface area contributed by atoms with E-state index in [1.54, 1.807) is 25.2 Å². The van der Waals surface area contributed by atoms with Crippen molar-refractivity contribution in [3.05, 3.63) is 30.0 Å². The van der Waals surface area contributed by atoms with E-state index in [2.05, 4.69) is 10.3 Å². The summed E-state index contributed by atoms with van der Waals surface area (Å²) in [5.74, 6) is -0.640. The maximum Gasteiger partial charge on any atom is 0.139 e. The van der Waals surface area contributed by atoms with Crippen molar-refractivity contribution in [1.29, 1.82) is 0 Å². The SMILES string of the molecule is CN(C)c1ncc(NC2CC2)c2cc(F)cc(F)c12. The van der Waals surface area contributed by atoms with Gasteiger partial charge in [0.2, 0.25) is 0 Å². The predicted molar refractivity (Wildman–Crippen MR) is 72.6 cm³/mol. The molecule has 0 unspecified atom stereocenters. The Morgan fingerprint density at radius 2 is 2.00 bits per heavy atom. The first kappa shape index (κ1) is 12.1. The molecular formula is C14H15F2N3. The van der Waals surface area contributed by atoms with Crippen LogP contribution in [-0.2, 0) is 0 Å². The zero-order valence-corrected chi connectivity index (χ0v) is 10.9. The molecule has 0 bridgehead atoms. The molecule has 0 amide bonds. The summed E-state index contributed by atoms with van der Waals surface area (Å²) in [4.78, 5) is 6.01. The van der Waals surface area contributed by atoms with Gasteiger partial charge >= 0.3 is 0 Å². The van der Waals surface area contributed by atoms with Crippen LogP contribution in [0.2, 0.25) is 0 Å². The monoisotopic (exact) mass is 263 g/mol. The number of hydrogen-bond acceptors (Lipinski definition) is 3. The van der Waals surface area contributed by atoms with Crippen molar-refractivity contribution >= 4 is 22.3 Å². The zero-order valence-electron chi connectivity index (χ0n) is 10.9. The molecule has 0 radical (unpaired) electrons. The average Bonchev–Trinajstić information content (AvgIpc) is 3.13. The summed E-state index contributed by atoms with van der Waals surface area (Å²) in [5, 5.41) is 4.17. The van der Waals surface area contributed by atoms with Crippen molar-refractivity contribution in [3.63, 3.8) is 0 Å². The first-order valence-corrected chi connectivity index (χ1v) is 6.28. The summed E-state index contributed by atoms with van der Waals surface area (Å²) in [6.45, 7) is 0. The third kappa shape index (κ3) is 2.20. The van der Waals surface area contributed by atoms with Gasteiger partial charge in [0, 0.05) is 31.6 Å². The van der Waals surface area contributed by atoms with Gasteiger partial charge in [0.1, 0.15) is 17.5 Å². The van der Waals surface area contributed by atoms with E-state index in [0.29, 0.717) is 28.3 Å². The van der Waals surface area contributed by atoms with Gasteiger partial charge in [0.25, 0.3) is 0 Å². The van der Waals surface area contributed by atoms with Crippen molar-refractivity contribution in [3.8, 4) is 0 Å². The number of rotatable bonds is 3. The summed E-state index contributed by atoms with van der Waals surface area (Å²) < 4.78 is 27.5. The molecule has 1 N–H and O–H groups in total. The zero-order chi connectivity index (χ0) is 13.6. The molecule has 19 heavy (non-hydrogen) atoms. The maximum absolute atomic E-state index is 14.1. The first-order chi connectivity index (χ1) is 9.06. The molecule has 1 aliphatic carbocycles. The molecule has 0 saturated heterocycles. The Morgan fingerprint density at radius 1 is 1.26 bits per heavy atom. The Hall–Kier alpha value is -1.91. The van der Waals surface area contributed by atoms with E-state index in [9.17, 15) is 8.78 Å². The number of hydrogen-bond donors (Lipinski definition) is 1. The quantitative estimate of drug-likeness (QED) is 0.922. The fraction of sp³-hybridized carbons (Fsp3) is 0.357. The maximum atomic E-state index is 14.1. The van der Waals surface area contributed by atoms with Crippen LogP contribution >= 0.6 is 0 Å². The summed E-state index contributed by atoms with van der Waals surface area (Å²) in [5.41, 5.74) is 0.696. The molecule has 3 nitrogen and oxygen atoms in total. The van der Waals surface area contributed by atoms with E-state index in [1.807, 2.05) is 0 Å². The van der Waals surface area contributed by atoms with Crippen LogP contribution in [0.15, 0.2) is 18.3 Å². The number of anilines is 2. The standard InChI is InChI=1S/C14H15F2N3/c1-19(2)14-13-10(5-8(15)6-11(13)16)12(7-17-14)18-9-3-4-9/h5-7,9,18H,3-4H2,1-2H3. The highest BCUT2D eigenvalue weighted by atomic mass is 19.1. The molecule has 0 aliphatic heterocycles. The first-order valence-electron chi connectivity index (χ1n) is 6.28. The van der Waals surface area contributed by atoms with Gasteiger partial charge in [0.15, 0.2) is 0 Å². The molecule has 2 aromatic rings. The third-order valence-corrected chi connectivity index (χ3v) is 3.25. The predicted octanol–water partition coefficient (Wildman–Crippen LogP) is 3.15. The number of aromatic nitrogens is 1. The Kier molecular flexibility index (Phi) is 2.77. The summed E-state index contributed by atoms with van der Waals surface area (Å²) >= 11 is 0. The van der Waals surface area contributed by atoms with Gasteiger partial charge in [-0.05, 0) is 18.9 Å². The Morgan fingerprint density at radius 3 is 2.63 bits per heavy atom. The summed E-state index contributed by atoms with van der Waals surface area (Å²) in [6.07, 6.45) is 3.83. The van der Waals surface area contributed by atoms with E-state index in [1.165, 1.54) is 6.07 Å². The van der Waals surface area contributed by atoms with Crippen LogP contribution in [-0.4, -0.2) is 25.1 Å². The van der Waals surface area contributed by atoms with Crippen LogP contribution in [0.4, 0.5) is 20.3 Å². The molecule has 1 fully saturated rings. The molecular weight excluding hydrogens is 248 g/mol. The molecule has 0 spiro atoms. The largest absolute Gasteiger partial charge is 0.381 e. The van der Waals surface area contributed by atoms with Crippen LogP contribution in [0.3, 0.4) is 0 Å². The van der Waals surface area contributed by atoms with Gasteiger partial charge in [0.05, 0.1) is 17.3 Å². The Bertz CT molecular complexity index is 636. The van der Waals surface area contributed by atoms with Crippen LogP contribution in [0.1, 0.15) is 12.8 Å². The van der Waals surface area contributed by atoms with E-state index in [4.69, 9.17) is 0 Å². The smallest absolute Gasteiger partial charge is 0.139 e. The lowest BCUT2D eigenvalue weighted by Crippen LogP contribution is -2.13. The molecule has 5 heteroatoms. The Labute approximate surface area is 110 Å². The topological polar surface area (TPSA) is 28.2 Å². The van der Waals surface area contributed by atoms with Gasteiger partial charge in [-0.25, -0.2) is 13.8 Å². The van der Waals surface area contributed by atoms with Gasteiger partial charge in [-0.2, -0.15) is 0 Å². The number of fused-ring (bicyclic) bond motifs is 1. The van der Waals surface area contributed by atoms with E-state index in [-0.39, 0.29) is 0 Å². The lowest BCUT2D eigenvalue weighted by atomic mass is 10.1. The fourth-order valence-corrected chi connectivity index (χ4v) is 2.17. The third-order valence-electron chi connectivity index (χ3n) is 3.25. The lowest BCUT2D eigenvalue weighted by Gasteiger charge is -2.17. The van der Waals surface area contributed by atoms with Gasteiger partial charge in [-0.3, -0.25) is 0 Å². The summed E-state index contributed by atoms with van der Waals surface area (Å²) in [7, 11) is 3.58. The van der Waals surface area contributed by atoms with Crippen molar-refractivity contribution in [2.45, 2.75) is 18.9 Å². The van der Waals surface area contributed by atoms with Gasteiger partial charge < -0.3 is 10.2 Å². The van der Waals surface area contributed by atoms with Gasteiger partial charge in [-0.15, -0.1) is 0 Å². The van der Waals surface area contributed by atoms with E-state index >= 15 is 0 Å². The lowest BCUT2D eigenvalue weighted by molar-refractivity contribution is 0.592. The number of halogens is 2. The highest BCUT2D eigenvalue weighted by molar-refractivity contribution is 6.00. The second-order valence-corrected chi connectivity index (χ2v) is 5.12. The number of nitrogens with one attached hydrogen (secondary N) is 1. The minimum Gasteiger partial charge on any atom is -0.381 e. The van der Waals surface area contributed by atoms with Crippen LogP contribution in [0.25, 0.3) is 10.8 Å². The van der Waals surface area contributed by atoms with E-state index in [0.717, 1.165) is 18.9 Å². The second-order valence-electron chi connectivity index (χ2n) is 5.12. The fourth-order valence-electron chi connectivity index (χ4n) is 2.17.